The molecule has 0 aliphatic heterocycles. The van der Waals surface area contributed by atoms with E-state index < -0.39 is 0 Å². The van der Waals surface area contributed by atoms with E-state index in [1.807, 2.05) is 54.6 Å². The molecular formula is C33H36O3. The molecule has 186 valence electrons. The van der Waals surface area contributed by atoms with Crippen LogP contribution in [0.1, 0.15) is 76.0 Å². The highest BCUT2D eigenvalue weighted by atomic mass is 16.5. The van der Waals surface area contributed by atoms with E-state index in [1.54, 1.807) is 0 Å². The summed E-state index contributed by atoms with van der Waals surface area (Å²) in [7, 11) is 0. The summed E-state index contributed by atoms with van der Waals surface area (Å²) in [6, 6.07) is 30.3. The van der Waals surface area contributed by atoms with Crippen molar-refractivity contribution in [2.45, 2.75) is 59.3 Å². The zero-order valence-electron chi connectivity index (χ0n) is 22.1. The summed E-state index contributed by atoms with van der Waals surface area (Å²) in [6.45, 7) is 13.1. The maximum atomic E-state index is 6.21. The van der Waals surface area contributed by atoms with Crippen LogP contribution in [-0.4, -0.2) is 0 Å². The molecule has 3 nitrogen and oxygen atoms in total. The second-order valence-corrected chi connectivity index (χ2v) is 10.1. The average molecular weight is 481 g/mol. The summed E-state index contributed by atoms with van der Waals surface area (Å²) in [4.78, 5) is 0. The Morgan fingerprint density at radius 2 is 0.556 bits per heavy atom. The van der Waals surface area contributed by atoms with Crippen LogP contribution in [0, 0.1) is 0 Å². The molecule has 4 rings (SSSR count). The van der Waals surface area contributed by atoms with E-state index in [2.05, 4.69) is 77.9 Å². The van der Waals surface area contributed by atoms with E-state index in [0.717, 1.165) is 17.2 Å². The average Bonchev–Trinajstić information content (AvgIpc) is 2.85. The van der Waals surface area contributed by atoms with E-state index in [4.69, 9.17) is 14.2 Å². The smallest absolute Gasteiger partial charge is 0.134 e. The summed E-state index contributed by atoms with van der Waals surface area (Å²) >= 11 is 0. The van der Waals surface area contributed by atoms with E-state index in [1.165, 1.54) is 16.7 Å². The Morgan fingerprint density at radius 3 is 0.750 bits per heavy atom. The Kier molecular flexibility index (Phi) is 8.00. The molecule has 36 heavy (non-hydrogen) atoms. The van der Waals surface area contributed by atoms with Crippen LogP contribution in [0.4, 0.5) is 0 Å². The summed E-state index contributed by atoms with van der Waals surface area (Å²) in [5.41, 5.74) is 3.83. The minimum Gasteiger partial charge on any atom is -0.457 e. The van der Waals surface area contributed by atoms with E-state index in [-0.39, 0.29) is 0 Å². The van der Waals surface area contributed by atoms with Crippen LogP contribution in [0.5, 0.6) is 34.5 Å². The molecule has 0 saturated carbocycles. The number of ether oxygens (including phenoxy) is 3. The summed E-state index contributed by atoms with van der Waals surface area (Å²) in [5.74, 6) is 5.67. The van der Waals surface area contributed by atoms with E-state index in [0.29, 0.717) is 35.0 Å². The van der Waals surface area contributed by atoms with Gasteiger partial charge in [0.25, 0.3) is 0 Å². The van der Waals surface area contributed by atoms with Gasteiger partial charge in [-0.2, -0.15) is 0 Å². The van der Waals surface area contributed by atoms with Crippen molar-refractivity contribution >= 4 is 0 Å². The van der Waals surface area contributed by atoms with Gasteiger partial charge in [-0.25, -0.2) is 0 Å². The predicted octanol–water partition coefficient (Wildman–Crippen LogP) is 10.4. The molecule has 0 aromatic heterocycles. The Hall–Kier alpha value is -3.72. The highest BCUT2D eigenvalue weighted by molar-refractivity contribution is 5.47. The summed E-state index contributed by atoms with van der Waals surface area (Å²) in [6.07, 6.45) is 0. The molecule has 0 fully saturated rings. The Balaban J connectivity index is 1.61. The SMILES string of the molecule is CC(C)c1ccc(Oc2cc(Oc3ccc(C(C)C)cc3)cc(Oc3ccc(C(C)C)cc3)c2)cc1. The summed E-state index contributed by atoms with van der Waals surface area (Å²) in [5, 5.41) is 0. The molecule has 0 heterocycles. The van der Waals surface area contributed by atoms with Gasteiger partial charge in [0.1, 0.15) is 34.5 Å². The second-order valence-electron chi connectivity index (χ2n) is 10.1. The topological polar surface area (TPSA) is 27.7 Å². The summed E-state index contributed by atoms with van der Waals surface area (Å²) < 4.78 is 18.6. The van der Waals surface area contributed by atoms with Crippen molar-refractivity contribution in [2.24, 2.45) is 0 Å². The van der Waals surface area contributed by atoms with Gasteiger partial charge in [0.2, 0.25) is 0 Å². The van der Waals surface area contributed by atoms with Gasteiger partial charge in [-0.1, -0.05) is 77.9 Å². The molecule has 0 atom stereocenters. The van der Waals surface area contributed by atoms with E-state index >= 15 is 0 Å². The van der Waals surface area contributed by atoms with Crippen molar-refractivity contribution in [1.29, 1.82) is 0 Å². The van der Waals surface area contributed by atoms with Crippen LogP contribution < -0.4 is 14.2 Å². The van der Waals surface area contributed by atoms with Gasteiger partial charge in [0.15, 0.2) is 0 Å². The molecule has 0 bridgehead atoms. The predicted molar refractivity (Wildman–Crippen MR) is 148 cm³/mol. The Labute approximate surface area is 215 Å². The van der Waals surface area contributed by atoms with Gasteiger partial charge < -0.3 is 14.2 Å². The molecule has 0 N–H and O–H groups in total. The normalized spacial score (nSPS) is 11.2. The fraction of sp³-hybridized carbons (Fsp3) is 0.273. The van der Waals surface area contributed by atoms with Crippen LogP contribution in [0.15, 0.2) is 91.0 Å². The van der Waals surface area contributed by atoms with Crippen LogP contribution in [0.2, 0.25) is 0 Å². The van der Waals surface area contributed by atoms with Crippen molar-refractivity contribution in [3.05, 3.63) is 108 Å². The third-order valence-corrected chi connectivity index (χ3v) is 6.20. The van der Waals surface area contributed by atoms with Crippen molar-refractivity contribution in [2.75, 3.05) is 0 Å². The van der Waals surface area contributed by atoms with Crippen molar-refractivity contribution in [1.82, 2.24) is 0 Å². The van der Waals surface area contributed by atoms with Gasteiger partial charge in [0, 0.05) is 18.2 Å². The molecule has 4 aromatic rings. The minimum absolute atomic E-state index is 0.472. The zero-order chi connectivity index (χ0) is 25.7. The van der Waals surface area contributed by atoms with Crippen LogP contribution >= 0.6 is 0 Å². The third kappa shape index (κ3) is 6.69. The zero-order valence-corrected chi connectivity index (χ0v) is 22.1. The number of benzene rings is 4. The largest absolute Gasteiger partial charge is 0.457 e. The molecule has 0 aliphatic carbocycles. The number of rotatable bonds is 9. The first kappa shape index (κ1) is 25.4. The lowest BCUT2D eigenvalue weighted by atomic mass is 10.0. The molecule has 4 aromatic carbocycles. The first-order valence-electron chi connectivity index (χ1n) is 12.8. The van der Waals surface area contributed by atoms with Gasteiger partial charge >= 0.3 is 0 Å². The fourth-order valence-corrected chi connectivity index (χ4v) is 3.89. The van der Waals surface area contributed by atoms with Crippen LogP contribution in [-0.2, 0) is 0 Å². The lowest BCUT2D eigenvalue weighted by Gasteiger charge is -2.14. The molecular weight excluding hydrogens is 444 g/mol. The van der Waals surface area contributed by atoms with Crippen LogP contribution in [0.25, 0.3) is 0 Å². The van der Waals surface area contributed by atoms with Gasteiger partial charge in [-0.3, -0.25) is 0 Å². The fourth-order valence-electron chi connectivity index (χ4n) is 3.89. The van der Waals surface area contributed by atoms with Crippen molar-refractivity contribution in [3.8, 4) is 34.5 Å². The molecule has 0 saturated heterocycles. The molecule has 0 aliphatic rings. The highest BCUT2D eigenvalue weighted by Crippen LogP contribution is 2.36. The van der Waals surface area contributed by atoms with Crippen molar-refractivity contribution in [3.63, 3.8) is 0 Å². The van der Waals surface area contributed by atoms with E-state index in [9.17, 15) is 0 Å². The standard InChI is InChI=1S/C33H36O3/c1-22(2)25-7-13-28(14-8-25)34-31-19-32(35-29-15-9-26(10-16-29)23(3)4)21-33(20-31)36-30-17-11-27(12-18-30)24(5)6/h7-24H,1-6H3. The Bertz CT molecular complexity index is 1080. The van der Waals surface area contributed by atoms with Gasteiger partial charge in [-0.05, 0) is 70.8 Å². The van der Waals surface area contributed by atoms with Crippen molar-refractivity contribution < 1.29 is 14.2 Å². The molecule has 0 unspecified atom stereocenters. The monoisotopic (exact) mass is 480 g/mol. The highest BCUT2D eigenvalue weighted by Gasteiger charge is 2.10. The molecule has 0 amide bonds. The quantitative estimate of drug-likeness (QED) is 0.238. The maximum absolute atomic E-state index is 6.21. The second kappa shape index (κ2) is 11.3. The first-order chi connectivity index (χ1) is 17.3. The lowest BCUT2D eigenvalue weighted by Crippen LogP contribution is -1.93. The van der Waals surface area contributed by atoms with Gasteiger partial charge in [0.05, 0.1) is 0 Å². The first-order valence-corrected chi connectivity index (χ1v) is 12.8. The molecule has 0 spiro atoms. The number of hydrogen-bond donors (Lipinski definition) is 0. The molecule has 3 heteroatoms. The maximum Gasteiger partial charge on any atom is 0.134 e. The Morgan fingerprint density at radius 1 is 0.333 bits per heavy atom. The number of hydrogen-bond acceptors (Lipinski definition) is 3. The van der Waals surface area contributed by atoms with Gasteiger partial charge in [-0.15, -0.1) is 0 Å². The lowest BCUT2D eigenvalue weighted by molar-refractivity contribution is 0.439. The molecule has 0 radical (unpaired) electrons. The van der Waals surface area contributed by atoms with Crippen LogP contribution in [0.3, 0.4) is 0 Å². The third-order valence-electron chi connectivity index (χ3n) is 6.20. The minimum atomic E-state index is 0.472.